The van der Waals surface area contributed by atoms with E-state index < -0.39 is 6.10 Å². The Hall–Kier alpha value is -1.85. The van der Waals surface area contributed by atoms with E-state index in [-0.39, 0.29) is 31.1 Å². The molecule has 1 unspecified atom stereocenters. The van der Waals surface area contributed by atoms with Crippen LogP contribution >= 0.6 is 0 Å². The molecule has 0 aliphatic carbocycles. The summed E-state index contributed by atoms with van der Waals surface area (Å²) in [5.41, 5.74) is 0. The molecule has 0 aliphatic heterocycles. The van der Waals surface area contributed by atoms with Crippen molar-refractivity contribution in [2.75, 3.05) is 13.2 Å². The number of carbonyl (C=O) groups is 3. The lowest BCUT2D eigenvalue weighted by molar-refractivity contribution is -0.167. The van der Waals surface area contributed by atoms with Gasteiger partial charge in [-0.05, 0) is 44.9 Å². The number of carbonyl (C=O) groups excluding carboxylic acids is 3. The topological polar surface area (TPSA) is 78.9 Å². The Morgan fingerprint density at radius 1 is 0.232 bits per heavy atom. The minimum atomic E-state index is -0.770. The second kappa shape index (κ2) is 71.6. The summed E-state index contributed by atoms with van der Waals surface area (Å²) in [4.78, 5) is 38.5. The van der Waals surface area contributed by atoms with E-state index in [0.717, 1.165) is 64.2 Å². The molecule has 0 fully saturated rings. The standard InChI is InChI=1S/C76H146O6/c1-4-7-10-13-16-19-22-25-28-30-32-34-35-36-37-38-39-40-41-42-44-45-48-51-54-57-60-63-66-69-75(78)81-72-73(71-80-74(77)68-65-62-59-56-53-50-47-27-24-21-18-15-12-9-6-3)82-76(79)70-67-64-61-58-55-52-49-46-43-33-31-29-26-23-20-17-14-11-8-5-2/h27,47,73H,4-26,28-46,48-72H2,1-3H3/b47-27-. The SMILES string of the molecule is CCCCCCCC/C=C\CCCCCCCC(=O)OCC(COC(=O)CCCCCCCCCCCCCCCCCCCCCCCCCCCCCCC)OC(=O)CCCCCCCCCCCCCCCCCCCCCC. The Morgan fingerprint density at radius 2 is 0.402 bits per heavy atom. The van der Waals surface area contributed by atoms with Crippen LogP contribution in [0.15, 0.2) is 12.2 Å². The molecule has 82 heavy (non-hydrogen) atoms. The number of esters is 3. The van der Waals surface area contributed by atoms with Gasteiger partial charge in [0.15, 0.2) is 6.10 Å². The normalized spacial score (nSPS) is 12.0. The summed E-state index contributed by atoms with van der Waals surface area (Å²) >= 11 is 0. The van der Waals surface area contributed by atoms with E-state index in [0.29, 0.717) is 19.3 Å². The maximum atomic E-state index is 13.0. The van der Waals surface area contributed by atoms with Gasteiger partial charge in [0.05, 0.1) is 0 Å². The average Bonchev–Trinajstić information content (AvgIpc) is 3.47. The first kappa shape index (κ1) is 80.2. The predicted octanol–water partition coefficient (Wildman–Crippen LogP) is 26.0. The highest BCUT2D eigenvalue weighted by molar-refractivity contribution is 5.71. The van der Waals surface area contributed by atoms with Crippen molar-refractivity contribution in [1.29, 1.82) is 0 Å². The highest BCUT2D eigenvalue weighted by Gasteiger charge is 2.20. The largest absolute Gasteiger partial charge is 0.462 e. The fraction of sp³-hybridized carbons (Fsp3) is 0.934. The highest BCUT2D eigenvalue weighted by Crippen LogP contribution is 2.20. The molecule has 0 rings (SSSR count). The molecule has 6 nitrogen and oxygen atoms in total. The van der Waals surface area contributed by atoms with Gasteiger partial charge in [-0.15, -0.1) is 0 Å². The summed E-state index contributed by atoms with van der Waals surface area (Å²) in [6, 6.07) is 0. The third-order valence-corrected chi connectivity index (χ3v) is 17.5. The molecule has 0 heterocycles. The molecule has 0 aromatic carbocycles. The van der Waals surface area contributed by atoms with Gasteiger partial charge in [-0.3, -0.25) is 14.4 Å². The zero-order valence-electron chi connectivity index (χ0n) is 56.1. The fourth-order valence-corrected chi connectivity index (χ4v) is 11.9. The molecule has 0 radical (unpaired) electrons. The van der Waals surface area contributed by atoms with Crippen molar-refractivity contribution in [3.8, 4) is 0 Å². The molecular weight excluding hydrogens is 1010 g/mol. The summed E-state index contributed by atoms with van der Waals surface area (Å²) in [5, 5.41) is 0. The number of hydrogen-bond acceptors (Lipinski definition) is 6. The van der Waals surface area contributed by atoms with Gasteiger partial charge in [-0.2, -0.15) is 0 Å². The van der Waals surface area contributed by atoms with Crippen LogP contribution in [0.25, 0.3) is 0 Å². The molecule has 1 atom stereocenters. The smallest absolute Gasteiger partial charge is 0.306 e. The molecule has 0 amide bonds. The van der Waals surface area contributed by atoms with Crippen LogP contribution in [0.4, 0.5) is 0 Å². The number of allylic oxidation sites excluding steroid dienone is 2. The molecular formula is C76H146O6. The van der Waals surface area contributed by atoms with Gasteiger partial charge in [-0.25, -0.2) is 0 Å². The first-order valence-corrected chi connectivity index (χ1v) is 37.7. The van der Waals surface area contributed by atoms with Crippen LogP contribution < -0.4 is 0 Å². The van der Waals surface area contributed by atoms with E-state index in [1.165, 1.54) is 334 Å². The van der Waals surface area contributed by atoms with Crippen LogP contribution in [0, 0.1) is 0 Å². The zero-order valence-corrected chi connectivity index (χ0v) is 56.1. The van der Waals surface area contributed by atoms with E-state index in [1.54, 1.807) is 0 Å². The quantitative estimate of drug-likeness (QED) is 0.0261. The molecule has 0 aliphatic rings. The Labute approximate surface area is 513 Å². The number of unbranched alkanes of at least 4 members (excludes halogenated alkanes) is 58. The second-order valence-corrected chi connectivity index (χ2v) is 25.9. The van der Waals surface area contributed by atoms with Crippen molar-refractivity contribution < 1.29 is 28.6 Å². The van der Waals surface area contributed by atoms with Crippen molar-refractivity contribution in [3.05, 3.63) is 12.2 Å². The number of hydrogen-bond donors (Lipinski definition) is 0. The lowest BCUT2D eigenvalue weighted by atomic mass is 10.0. The van der Waals surface area contributed by atoms with Crippen molar-refractivity contribution in [2.24, 2.45) is 0 Å². The van der Waals surface area contributed by atoms with Crippen molar-refractivity contribution in [3.63, 3.8) is 0 Å². The molecule has 6 heteroatoms. The monoisotopic (exact) mass is 1160 g/mol. The summed E-state index contributed by atoms with van der Waals surface area (Å²) in [7, 11) is 0. The van der Waals surface area contributed by atoms with Crippen molar-refractivity contribution in [2.45, 2.75) is 444 Å². The van der Waals surface area contributed by atoms with Crippen LogP contribution in [0.3, 0.4) is 0 Å². The average molecular weight is 1160 g/mol. The minimum Gasteiger partial charge on any atom is -0.462 e. The summed E-state index contributed by atoms with van der Waals surface area (Å²) in [6.45, 7) is 6.73. The summed E-state index contributed by atoms with van der Waals surface area (Å²) in [5.74, 6) is -0.836. The van der Waals surface area contributed by atoms with E-state index in [2.05, 4.69) is 32.9 Å². The lowest BCUT2D eigenvalue weighted by Gasteiger charge is -2.18. The van der Waals surface area contributed by atoms with Gasteiger partial charge in [0.2, 0.25) is 0 Å². The van der Waals surface area contributed by atoms with Crippen LogP contribution in [-0.2, 0) is 28.6 Å². The molecule has 0 saturated carbocycles. The molecule has 0 saturated heterocycles. The van der Waals surface area contributed by atoms with Gasteiger partial charge < -0.3 is 14.2 Å². The lowest BCUT2D eigenvalue weighted by Crippen LogP contribution is -2.30. The number of rotatable bonds is 71. The van der Waals surface area contributed by atoms with Crippen LogP contribution in [0.5, 0.6) is 0 Å². The molecule has 0 spiro atoms. The van der Waals surface area contributed by atoms with Crippen LogP contribution in [-0.4, -0.2) is 37.2 Å². The molecule has 0 N–H and O–H groups in total. The Balaban J connectivity index is 4.18. The highest BCUT2D eigenvalue weighted by atomic mass is 16.6. The first-order valence-electron chi connectivity index (χ1n) is 37.7. The second-order valence-electron chi connectivity index (χ2n) is 25.9. The zero-order chi connectivity index (χ0) is 59.2. The van der Waals surface area contributed by atoms with Crippen LogP contribution in [0.2, 0.25) is 0 Å². The van der Waals surface area contributed by atoms with Crippen molar-refractivity contribution in [1.82, 2.24) is 0 Å². The van der Waals surface area contributed by atoms with E-state index in [1.807, 2.05) is 0 Å². The van der Waals surface area contributed by atoms with Gasteiger partial charge in [0.25, 0.3) is 0 Å². The number of ether oxygens (including phenoxy) is 3. The van der Waals surface area contributed by atoms with E-state index >= 15 is 0 Å². The molecule has 0 aromatic heterocycles. The Morgan fingerprint density at radius 3 is 0.610 bits per heavy atom. The fourth-order valence-electron chi connectivity index (χ4n) is 11.9. The summed E-state index contributed by atoms with van der Waals surface area (Å²) in [6.07, 6.45) is 86.9. The van der Waals surface area contributed by atoms with Crippen molar-refractivity contribution >= 4 is 17.9 Å². The van der Waals surface area contributed by atoms with E-state index in [4.69, 9.17) is 14.2 Å². The van der Waals surface area contributed by atoms with Gasteiger partial charge in [0, 0.05) is 19.3 Å². The molecule has 0 bridgehead atoms. The third-order valence-electron chi connectivity index (χ3n) is 17.5. The minimum absolute atomic E-state index is 0.0654. The maximum Gasteiger partial charge on any atom is 0.306 e. The molecule has 486 valence electrons. The maximum absolute atomic E-state index is 13.0. The molecule has 0 aromatic rings. The third kappa shape index (κ3) is 68.9. The van der Waals surface area contributed by atoms with Gasteiger partial charge in [0.1, 0.15) is 13.2 Å². The summed E-state index contributed by atoms with van der Waals surface area (Å²) < 4.78 is 17.0. The van der Waals surface area contributed by atoms with E-state index in [9.17, 15) is 14.4 Å². The Bertz CT molecular complexity index is 1280. The van der Waals surface area contributed by atoms with Crippen LogP contribution in [0.1, 0.15) is 438 Å². The van der Waals surface area contributed by atoms with Gasteiger partial charge >= 0.3 is 17.9 Å². The Kier molecular flexibility index (Phi) is 70.0. The predicted molar refractivity (Wildman–Crippen MR) is 358 cm³/mol. The first-order chi connectivity index (χ1) is 40.5. The van der Waals surface area contributed by atoms with Gasteiger partial charge in [-0.1, -0.05) is 386 Å².